The van der Waals surface area contributed by atoms with Crippen LogP contribution in [-0.4, -0.2) is 83.4 Å². The van der Waals surface area contributed by atoms with Gasteiger partial charge in [0.25, 0.3) is 0 Å². The zero-order valence-corrected chi connectivity index (χ0v) is 30.6. The predicted octanol–water partition coefficient (Wildman–Crippen LogP) is 5.98. The molecule has 0 aromatic heterocycles. The summed E-state index contributed by atoms with van der Waals surface area (Å²) in [7, 11) is -0.445. The largest absolute Gasteiger partial charge is 0.514 e. The first-order valence-electron chi connectivity index (χ1n) is 18.0. The molecule has 6 fully saturated rings. The predicted molar refractivity (Wildman–Crippen MR) is 181 cm³/mol. The third kappa shape index (κ3) is 7.33. The Bertz CT molecular complexity index is 1460. The molecule has 6 atom stereocenters. The molecule has 270 valence electrons. The van der Waals surface area contributed by atoms with Gasteiger partial charge in [0.15, 0.2) is 5.75 Å². The molecular weight excluding hydrogens is 629 g/mol. The van der Waals surface area contributed by atoms with Crippen molar-refractivity contribution in [1.29, 1.82) is 0 Å². The van der Waals surface area contributed by atoms with Crippen LogP contribution in [0.25, 0.3) is 0 Å². The summed E-state index contributed by atoms with van der Waals surface area (Å²) in [6.45, 7) is 18.0. The van der Waals surface area contributed by atoms with E-state index in [0.717, 1.165) is 12.8 Å². The van der Waals surface area contributed by atoms with Gasteiger partial charge in [-0.2, -0.15) is 0 Å². The van der Waals surface area contributed by atoms with Crippen LogP contribution in [0.5, 0.6) is 11.5 Å². The Kier molecular flexibility index (Phi) is 9.36. The molecule has 1 N–H and O–H groups in total. The minimum absolute atomic E-state index is 0.0122. The van der Waals surface area contributed by atoms with E-state index >= 15 is 0 Å². The van der Waals surface area contributed by atoms with Gasteiger partial charge < -0.3 is 38.3 Å². The maximum atomic E-state index is 13.9. The van der Waals surface area contributed by atoms with E-state index in [0.29, 0.717) is 62.5 Å². The summed E-state index contributed by atoms with van der Waals surface area (Å²) in [6, 6.07) is 3.48. The van der Waals surface area contributed by atoms with Crippen molar-refractivity contribution in [3.63, 3.8) is 0 Å². The van der Waals surface area contributed by atoms with Crippen molar-refractivity contribution >= 4 is 25.2 Å². The minimum Gasteiger partial charge on any atom is -0.486 e. The third-order valence-corrected chi connectivity index (χ3v) is 11.2. The summed E-state index contributed by atoms with van der Waals surface area (Å²) < 4.78 is 36.6. The number of aliphatic hydroxyl groups is 1. The quantitative estimate of drug-likeness (QED) is 0.199. The zero-order valence-electron chi connectivity index (χ0n) is 30.6. The fraction of sp³-hybridized carbons (Fsp3) is 0.757. The molecule has 1 amide bonds. The standard InChI is InChI=1S/C37H54BNO10/c1-34(2,3)46-32(42)29-26(44-25-19-39(20-25)31(41)22-10-12-24(40)16-22)13-11-21(30(29)45-33(43)47-35(4,5)6)14-15-38-48-28-18-23-17-27(36(23,7)8)37(28,9)49-38/h11,13,22-25,27-28,40H,10,12,14-20H2,1-9H3/t22?,23-,24?,27-,28+,37-/m0/s1. The summed E-state index contributed by atoms with van der Waals surface area (Å²) in [5.41, 5.74) is -1.24. The molecule has 11 nitrogen and oxygen atoms in total. The molecule has 2 saturated heterocycles. The third-order valence-electron chi connectivity index (χ3n) is 11.2. The lowest BCUT2D eigenvalue weighted by Crippen LogP contribution is -2.65. The molecule has 2 heterocycles. The molecule has 1 aromatic rings. The molecule has 2 bridgehead atoms. The number of carbonyl (C=O) groups is 3. The molecule has 2 aliphatic heterocycles. The van der Waals surface area contributed by atoms with Gasteiger partial charge in [0.2, 0.25) is 5.91 Å². The number of carbonyl (C=O) groups excluding carboxylic acids is 3. The first-order chi connectivity index (χ1) is 22.7. The number of esters is 1. The van der Waals surface area contributed by atoms with Crippen LogP contribution in [-0.2, 0) is 30.0 Å². The number of ether oxygens (including phenoxy) is 4. The number of aryl methyl sites for hydroxylation is 1. The van der Waals surface area contributed by atoms with Gasteiger partial charge in [0, 0.05) is 5.92 Å². The van der Waals surface area contributed by atoms with Gasteiger partial charge in [-0.15, -0.1) is 0 Å². The summed E-state index contributed by atoms with van der Waals surface area (Å²) >= 11 is 0. The highest BCUT2D eigenvalue weighted by atomic mass is 16.7. The number of amides is 1. The first-order valence-corrected chi connectivity index (χ1v) is 18.0. The second-order valence-corrected chi connectivity index (χ2v) is 17.6. The van der Waals surface area contributed by atoms with Crippen LogP contribution < -0.4 is 9.47 Å². The second kappa shape index (κ2) is 12.7. The molecule has 6 aliphatic rings. The molecular formula is C37H54BNO10. The molecule has 49 heavy (non-hydrogen) atoms. The summed E-state index contributed by atoms with van der Waals surface area (Å²) in [5, 5.41) is 9.90. The molecule has 2 unspecified atom stereocenters. The zero-order chi connectivity index (χ0) is 35.7. The van der Waals surface area contributed by atoms with Crippen LogP contribution in [0.2, 0.25) is 6.32 Å². The Balaban J connectivity index is 1.24. The number of hydrogen-bond donors (Lipinski definition) is 1. The molecule has 7 rings (SSSR count). The van der Waals surface area contributed by atoms with E-state index in [2.05, 4.69) is 20.8 Å². The fourth-order valence-electron chi connectivity index (χ4n) is 8.56. The van der Waals surface area contributed by atoms with Gasteiger partial charge in [-0.25, -0.2) is 9.59 Å². The van der Waals surface area contributed by atoms with Crippen molar-refractivity contribution in [2.24, 2.45) is 23.2 Å². The lowest BCUT2D eigenvalue weighted by atomic mass is 9.43. The Morgan fingerprint density at radius 1 is 0.980 bits per heavy atom. The summed E-state index contributed by atoms with van der Waals surface area (Å²) in [6.07, 6.45) is 3.06. The smallest absolute Gasteiger partial charge is 0.486 e. The van der Waals surface area contributed by atoms with Crippen LogP contribution in [0, 0.1) is 23.2 Å². The van der Waals surface area contributed by atoms with Crippen molar-refractivity contribution < 1.29 is 47.7 Å². The number of likely N-dealkylation sites (tertiary alicyclic amines) is 1. The number of aliphatic hydroxyl groups excluding tert-OH is 1. The SMILES string of the molecule is CC(C)(C)OC(=O)Oc1c(CCB2O[C@@H]3C[C@@H]4C[C@@H](C4(C)C)[C@]3(C)O2)ccc(OC2CN(C(=O)C3CCC(O)C3)C2)c1C(=O)OC(C)(C)C. The second-order valence-electron chi connectivity index (χ2n) is 17.6. The normalized spacial score (nSPS) is 30.6. The summed E-state index contributed by atoms with van der Waals surface area (Å²) in [4.78, 5) is 41.7. The van der Waals surface area contributed by atoms with E-state index < -0.39 is 36.5 Å². The number of nitrogens with zero attached hydrogens (tertiary/aromatic N) is 1. The first kappa shape index (κ1) is 36.0. The average Bonchev–Trinajstić information content (AvgIpc) is 3.53. The Labute approximate surface area is 290 Å². The Hall–Kier alpha value is -2.83. The van der Waals surface area contributed by atoms with Crippen molar-refractivity contribution in [3.8, 4) is 11.5 Å². The Morgan fingerprint density at radius 2 is 1.67 bits per heavy atom. The number of benzene rings is 1. The molecule has 1 aromatic carbocycles. The molecule has 4 aliphatic carbocycles. The van der Waals surface area contributed by atoms with E-state index in [9.17, 15) is 19.5 Å². The topological polar surface area (TPSA) is 130 Å². The van der Waals surface area contributed by atoms with E-state index in [1.807, 2.05) is 0 Å². The van der Waals surface area contributed by atoms with Crippen LogP contribution in [0.4, 0.5) is 4.79 Å². The lowest BCUT2D eigenvalue weighted by molar-refractivity contribution is -0.199. The van der Waals surface area contributed by atoms with Gasteiger partial charge in [0.1, 0.15) is 28.6 Å². The molecule has 0 spiro atoms. The lowest BCUT2D eigenvalue weighted by Gasteiger charge is -2.64. The van der Waals surface area contributed by atoms with Crippen LogP contribution in [0.1, 0.15) is 110 Å². The van der Waals surface area contributed by atoms with Crippen LogP contribution >= 0.6 is 0 Å². The fourth-order valence-corrected chi connectivity index (χ4v) is 8.56. The van der Waals surface area contributed by atoms with Crippen LogP contribution in [0.15, 0.2) is 12.1 Å². The maximum absolute atomic E-state index is 13.9. The summed E-state index contributed by atoms with van der Waals surface area (Å²) in [5.74, 6) is 0.391. The van der Waals surface area contributed by atoms with E-state index in [4.69, 9.17) is 28.3 Å². The van der Waals surface area contributed by atoms with Gasteiger partial charge in [0.05, 0.1) is 30.9 Å². The molecule has 4 saturated carbocycles. The number of rotatable bonds is 8. The van der Waals surface area contributed by atoms with Crippen LogP contribution in [0.3, 0.4) is 0 Å². The van der Waals surface area contributed by atoms with Crippen molar-refractivity contribution in [2.75, 3.05) is 13.1 Å². The molecule has 0 radical (unpaired) electrons. The highest BCUT2D eigenvalue weighted by molar-refractivity contribution is 6.45. The average molecular weight is 684 g/mol. The number of hydrogen-bond acceptors (Lipinski definition) is 10. The molecule has 12 heteroatoms. The van der Waals surface area contributed by atoms with Gasteiger partial charge in [-0.1, -0.05) is 19.9 Å². The van der Waals surface area contributed by atoms with Crippen molar-refractivity contribution in [2.45, 2.75) is 142 Å². The van der Waals surface area contributed by atoms with Crippen molar-refractivity contribution in [3.05, 3.63) is 23.3 Å². The van der Waals surface area contributed by atoms with Crippen molar-refractivity contribution in [1.82, 2.24) is 4.90 Å². The minimum atomic E-state index is -0.955. The van der Waals surface area contributed by atoms with Gasteiger partial charge in [-0.3, -0.25) is 4.79 Å². The highest BCUT2D eigenvalue weighted by Crippen LogP contribution is 2.65. The maximum Gasteiger partial charge on any atom is 0.514 e. The Morgan fingerprint density at radius 3 is 2.29 bits per heavy atom. The van der Waals surface area contributed by atoms with E-state index in [-0.39, 0.29) is 52.1 Å². The van der Waals surface area contributed by atoms with E-state index in [1.165, 1.54) is 0 Å². The van der Waals surface area contributed by atoms with E-state index in [1.54, 1.807) is 58.6 Å². The highest BCUT2D eigenvalue weighted by Gasteiger charge is 2.67. The monoisotopic (exact) mass is 683 g/mol. The van der Waals surface area contributed by atoms with Gasteiger partial charge >= 0.3 is 19.2 Å². The van der Waals surface area contributed by atoms with Gasteiger partial charge in [-0.05, 0) is 122 Å².